The molecular weight excluding hydrogens is 242 g/mol. The fraction of sp³-hybridized carbons (Fsp3) is 0.545. The first-order chi connectivity index (χ1) is 7.70. The molecule has 1 atom stereocenters. The van der Waals surface area contributed by atoms with Gasteiger partial charge in [0.1, 0.15) is 5.82 Å². The lowest BCUT2D eigenvalue weighted by atomic mass is 10.2. The summed E-state index contributed by atoms with van der Waals surface area (Å²) in [4.78, 5) is 6.68. The molecule has 1 aromatic rings. The fourth-order valence-electron chi connectivity index (χ4n) is 1.82. The van der Waals surface area contributed by atoms with Crippen molar-refractivity contribution in [2.24, 2.45) is 5.73 Å². The van der Waals surface area contributed by atoms with Crippen molar-refractivity contribution >= 4 is 29.2 Å². The summed E-state index contributed by atoms with van der Waals surface area (Å²) in [5.41, 5.74) is 6.61. The summed E-state index contributed by atoms with van der Waals surface area (Å²) in [6.07, 6.45) is 1.70. The van der Waals surface area contributed by atoms with E-state index in [-0.39, 0.29) is 0 Å². The maximum Gasteiger partial charge on any atom is 0.128 e. The molecule has 0 aliphatic carbocycles. The largest absolute Gasteiger partial charge is 0.355 e. The number of hydrogen-bond acceptors (Lipinski definition) is 4. The zero-order valence-electron chi connectivity index (χ0n) is 9.32. The van der Waals surface area contributed by atoms with Crippen LogP contribution in [0.3, 0.4) is 0 Å². The van der Waals surface area contributed by atoms with Crippen molar-refractivity contribution in [3.63, 3.8) is 0 Å². The topological polar surface area (TPSA) is 42.1 Å². The average Bonchev–Trinajstić information content (AvgIpc) is 2.29. The van der Waals surface area contributed by atoms with Crippen LogP contribution in [0.2, 0.25) is 5.02 Å². The summed E-state index contributed by atoms with van der Waals surface area (Å²) in [5.74, 6) is 2.15. The van der Waals surface area contributed by atoms with Gasteiger partial charge in [-0.25, -0.2) is 4.98 Å². The van der Waals surface area contributed by atoms with Crippen molar-refractivity contribution in [1.29, 1.82) is 0 Å². The first-order valence-electron chi connectivity index (χ1n) is 5.41. The molecule has 2 rings (SSSR count). The van der Waals surface area contributed by atoms with Crippen molar-refractivity contribution in [2.75, 3.05) is 23.7 Å². The average molecular weight is 258 g/mol. The smallest absolute Gasteiger partial charge is 0.128 e. The Balaban J connectivity index is 2.19. The summed E-state index contributed by atoms with van der Waals surface area (Å²) < 4.78 is 0. The highest BCUT2D eigenvalue weighted by molar-refractivity contribution is 8.00. The molecule has 16 heavy (non-hydrogen) atoms. The molecular formula is C11H16ClN3S. The Kier molecular flexibility index (Phi) is 3.95. The molecule has 88 valence electrons. The number of halogens is 1. The SMILES string of the molecule is CC1CN(c2cc(CN)c(Cl)cn2)CCS1. The van der Waals surface area contributed by atoms with Crippen LogP contribution in [0, 0.1) is 0 Å². The number of hydrogen-bond donors (Lipinski definition) is 1. The summed E-state index contributed by atoms with van der Waals surface area (Å²) >= 11 is 8.01. The summed E-state index contributed by atoms with van der Waals surface area (Å²) in [7, 11) is 0. The molecule has 1 aromatic heterocycles. The van der Waals surface area contributed by atoms with Crippen LogP contribution in [0.5, 0.6) is 0 Å². The van der Waals surface area contributed by atoms with Gasteiger partial charge in [-0.3, -0.25) is 0 Å². The van der Waals surface area contributed by atoms with Crippen molar-refractivity contribution < 1.29 is 0 Å². The van der Waals surface area contributed by atoms with E-state index in [4.69, 9.17) is 17.3 Å². The van der Waals surface area contributed by atoms with Gasteiger partial charge in [-0.1, -0.05) is 18.5 Å². The molecule has 0 radical (unpaired) electrons. The van der Waals surface area contributed by atoms with Gasteiger partial charge in [0.25, 0.3) is 0 Å². The van der Waals surface area contributed by atoms with Crippen molar-refractivity contribution in [3.8, 4) is 0 Å². The second-order valence-corrected chi connectivity index (χ2v) is 5.92. The van der Waals surface area contributed by atoms with Gasteiger partial charge < -0.3 is 10.6 Å². The Morgan fingerprint density at radius 2 is 2.50 bits per heavy atom. The highest BCUT2D eigenvalue weighted by atomic mass is 35.5. The molecule has 0 amide bonds. The van der Waals surface area contributed by atoms with Crippen LogP contribution in [0.25, 0.3) is 0 Å². The first-order valence-corrected chi connectivity index (χ1v) is 6.84. The van der Waals surface area contributed by atoms with E-state index in [0.717, 1.165) is 30.2 Å². The Morgan fingerprint density at radius 1 is 1.69 bits per heavy atom. The molecule has 1 unspecified atom stereocenters. The molecule has 0 bridgehead atoms. The third-order valence-corrected chi connectivity index (χ3v) is 4.18. The van der Waals surface area contributed by atoms with Crippen LogP contribution in [-0.4, -0.2) is 29.1 Å². The molecule has 2 heterocycles. The van der Waals surface area contributed by atoms with Crippen molar-refractivity contribution in [2.45, 2.75) is 18.7 Å². The minimum absolute atomic E-state index is 0.465. The Labute approximate surface area is 105 Å². The molecule has 2 N–H and O–H groups in total. The molecule has 1 saturated heterocycles. The first kappa shape index (κ1) is 12.0. The Morgan fingerprint density at radius 3 is 3.19 bits per heavy atom. The quantitative estimate of drug-likeness (QED) is 0.882. The van der Waals surface area contributed by atoms with Gasteiger partial charge in [-0.15, -0.1) is 0 Å². The molecule has 1 aliphatic heterocycles. The van der Waals surface area contributed by atoms with Crippen LogP contribution < -0.4 is 10.6 Å². The second kappa shape index (κ2) is 5.25. The number of aromatic nitrogens is 1. The van der Waals surface area contributed by atoms with E-state index in [9.17, 15) is 0 Å². The van der Waals surface area contributed by atoms with Gasteiger partial charge in [0.2, 0.25) is 0 Å². The predicted molar refractivity (Wildman–Crippen MR) is 71.3 cm³/mol. The standard InChI is InChI=1S/C11H16ClN3S/c1-8-7-15(2-3-16-8)11-4-9(5-13)10(12)6-14-11/h4,6,8H,2-3,5,7,13H2,1H3. The van der Waals surface area contributed by atoms with Crippen LogP contribution >= 0.6 is 23.4 Å². The lowest BCUT2D eigenvalue weighted by Gasteiger charge is -2.31. The second-order valence-electron chi connectivity index (χ2n) is 3.97. The van der Waals surface area contributed by atoms with Crippen molar-refractivity contribution in [3.05, 3.63) is 22.8 Å². The van der Waals surface area contributed by atoms with Crippen molar-refractivity contribution in [1.82, 2.24) is 4.98 Å². The normalized spacial score (nSPS) is 21.2. The number of nitrogens with zero attached hydrogens (tertiary/aromatic N) is 2. The minimum atomic E-state index is 0.465. The molecule has 1 fully saturated rings. The monoisotopic (exact) mass is 257 g/mol. The number of thioether (sulfide) groups is 1. The molecule has 0 spiro atoms. The minimum Gasteiger partial charge on any atom is -0.355 e. The zero-order valence-corrected chi connectivity index (χ0v) is 10.9. The number of rotatable bonds is 2. The van der Waals surface area contributed by atoms with Gasteiger partial charge in [-0.05, 0) is 11.6 Å². The zero-order chi connectivity index (χ0) is 11.5. The molecule has 3 nitrogen and oxygen atoms in total. The maximum atomic E-state index is 6.00. The van der Waals surface area contributed by atoms with Crippen LogP contribution in [0.15, 0.2) is 12.3 Å². The Bertz CT molecular complexity index is 372. The van der Waals surface area contributed by atoms with Crippen LogP contribution in [-0.2, 0) is 6.54 Å². The van der Waals surface area contributed by atoms with Gasteiger partial charge >= 0.3 is 0 Å². The third-order valence-electron chi connectivity index (χ3n) is 2.71. The molecule has 1 aliphatic rings. The number of nitrogens with two attached hydrogens (primary N) is 1. The van der Waals surface area contributed by atoms with E-state index in [1.165, 1.54) is 0 Å². The van der Waals surface area contributed by atoms with Gasteiger partial charge in [0, 0.05) is 36.8 Å². The number of anilines is 1. The van der Waals surface area contributed by atoms with Gasteiger partial charge in [0.15, 0.2) is 0 Å². The van der Waals surface area contributed by atoms with Crippen LogP contribution in [0.4, 0.5) is 5.82 Å². The summed E-state index contributed by atoms with van der Waals surface area (Å²) in [5, 5.41) is 1.32. The highest BCUT2D eigenvalue weighted by Gasteiger charge is 2.18. The molecule has 0 saturated carbocycles. The lowest BCUT2D eigenvalue weighted by molar-refractivity contribution is 0.769. The summed E-state index contributed by atoms with van der Waals surface area (Å²) in [6, 6.07) is 2.00. The summed E-state index contributed by atoms with van der Waals surface area (Å²) in [6.45, 7) is 4.81. The molecule has 5 heteroatoms. The number of pyridine rings is 1. The van der Waals surface area contributed by atoms with E-state index in [1.54, 1.807) is 6.20 Å². The Hall–Kier alpha value is -0.450. The third kappa shape index (κ3) is 2.62. The van der Waals surface area contributed by atoms with Gasteiger partial charge in [-0.2, -0.15) is 11.8 Å². The van der Waals surface area contributed by atoms with E-state index >= 15 is 0 Å². The molecule has 0 aromatic carbocycles. The lowest BCUT2D eigenvalue weighted by Crippen LogP contribution is -2.37. The fourth-order valence-corrected chi connectivity index (χ4v) is 3.02. The van der Waals surface area contributed by atoms with Gasteiger partial charge in [0.05, 0.1) is 5.02 Å². The highest BCUT2D eigenvalue weighted by Crippen LogP contribution is 2.25. The van der Waals surface area contributed by atoms with E-state index in [1.807, 2.05) is 17.8 Å². The van der Waals surface area contributed by atoms with E-state index < -0.39 is 0 Å². The van der Waals surface area contributed by atoms with E-state index in [2.05, 4.69) is 16.8 Å². The van der Waals surface area contributed by atoms with Crippen LogP contribution in [0.1, 0.15) is 12.5 Å². The van der Waals surface area contributed by atoms with E-state index in [0.29, 0.717) is 16.8 Å². The maximum absolute atomic E-state index is 6.00. The predicted octanol–water partition coefficient (Wildman–Crippen LogP) is 2.14.